The summed E-state index contributed by atoms with van der Waals surface area (Å²) in [5.41, 5.74) is 3.52. The lowest BCUT2D eigenvalue weighted by Crippen LogP contribution is -2.15. The zero-order valence-electron chi connectivity index (χ0n) is 16.1. The topological polar surface area (TPSA) is 93.1 Å². The number of rotatable bonds is 5. The van der Waals surface area contributed by atoms with Crippen molar-refractivity contribution in [1.29, 1.82) is 0 Å². The van der Waals surface area contributed by atoms with Gasteiger partial charge >= 0.3 is 0 Å². The van der Waals surface area contributed by atoms with Gasteiger partial charge in [-0.25, -0.2) is 8.42 Å². The second-order valence-corrected chi connectivity index (χ2v) is 8.36. The van der Waals surface area contributed by atoms with E-state index in [4.69, 9.17) is 0 Å². The van der Waals surface area contributed by atoms with Gasteiger partial charge in [-0.05, 0) is 68.3 Å². The molecule has 0 aliphatic heterocycles. The molecular formula is C20H22N4O3S. The van der Waals surface area contributed by atoms with Crippen molar-refractivity contribution in [2.75, 3.05) is 10.0 Å². The minimum Gasteiger partial charge on any atom is -0.307 e. The van der Waals surface area contributed by atoms with Crippen LogP contribution >= 0.6 is 0 Å². The number of hydrogen-bond acceptors (Lipinski definition) is 4. The van der Waals surface area contributed by atoms with E-state index >= 15 is 0 Å². The molecule has 1 aromatic heterocycles. The molecule has 8 heteroatoms. The first-order chi connectivity index (χ1) is 13.2. The highest BCUT2D eigenvalue weighted by Crippen LogP contribution is 2.20. The summed E-state index contributed by atoms with van der Waals surface area (Å²) in [7, 11) is -1.96. The number of hydrogen-bond donors (Lipinski definition) is 2. The van der Waals surface area contributed by atoms with Crippen LogP contribution in [0.3, 0.4) is 0 Å². The molecule has 0 spiro atoms. The first-order valence-electron chi connectivity index (χ1n) is 8.68. The van der Waals surface area contributed by atoms with Gasteiger partial charge in [0.2, 0.25) is 0 Å². The van der Waals surface area contributed by atoms with Crippen LogP contribution in [0, 0.1) is 20.8 Å². The van der Waals surface area contributed by atoms with Crippen LogP contribution < -0.4 is 10.0 Å². The molecule has 0 aliphatic carbocycles. The SMILES string of the molecule is Cc1cc(NC(=O)c2ccc(NS(=O)(=O)c3ccc(C)c(C)c3)cc2)n(C)n1. The summed E-state index contributed by atoms with van der Waals surface area (Å²) in [5, 5.41) is 6.95. The van der Waals surface area contributed by atoms with Crippen molar-refractivity contribution in [3.05, 3.63) is 70.9 Å². The van der Waals surface area contributed by atoms with E-state index in [1.54, 1.807) is 60.3 Å². The fourth-order valence-electron chi connectivity index (χ4n) is 2.70. The number of anilines is 2. The average Bonchev–Trinajstić information content (AvgIpc) is 2.94. The highest BCUT2D eigenvalue weighted by molar-refractivity contribution is 7.92. The number of carbonyl (C=O) groups is 1. The second kappa shape index (κ2) is 7.47. The Hall–Kier alpha value is -3.13. The monoisotopic (exact) mass is 398 g/mol. The molecule has 1 heterocycles. The van der Waals surface area contributed by atoms with E-state index in [0.717, 1.165) is 16.8 Å². The molecule has 3 aromatic rings. The number of aromatic nitrogens is 2. The maximum atomic E-state index is 12.6. The lowest BCUT2D eigenvalue weighted by molar-refractivity contribution is 0.102. The van der Waals surface area contributed by atoms with Crippen molar-refractivity contribution in [2.45, 2.75) is 25.7 Å². The molecule has 28 heavy (non-hydrogen) atoms. The Labute approximate surface area is 164 Å². The summed E-state index contributed by atoms with van der Waals surface area (Å²) in [6.45, 7) is 5.63. The molecule has 2 aromatic carbocycles. The van der Waals surface area contributed by atoms with E-state index in [2.05, 4.69) is 15.1 Å². The van der Waals surface area contributed by atoms with E-state index in [0.29, 0.717) is 17.1 Å². The highest BCUT2D eigenvalue weighted by Gasteiger charge is 2.15. The summed E-state index contributed by atoms with van der Waals surface area (Å²) in [6, 6.07) is 13.0. The van der Waals surface area contributed by atoms with Crippen LogP contribution in [-0.2, 0) is 17.1 Å². The normalized spacial score (nSPS) is 11.3. The first kappa shape index (κ1) is 19.6. The molecule has 0 unspecified atom stereocenters. The maximum Gasteiger partial charge on any atom is 0.261 e. The predicted molar refractivity (Wildman–Crippen MR) is 109 cm³/mol. The van der Waals surface area contributed by atoms with E-state index in [1.807, 2.05) is 20.8 Å². The summed E-state index contributed by atoms with van der Waals surface area (Å²) in [6.07, 6.45) is 0. The van der Waals surface area contributed by atoms with Crippen molar-refractivity contribution in [3.63, 3.8) is 0 Å². The minimum atomic E-state index is -3.70. The Morgan fingerprint density at radius 2 is 1.64 bits per heavy atom. The van der Waals surface area contributed by atoms with Crippen LogP contribution in [0.25, 0.3) is 0 Å². The smallest absolute Gasteiger partial charge is 0.261 e. The molecule has 0 saturated carbocycles. The largest absolute Gasteiger partial charge is 0.307 e. The Morgan fingerprint density at radius 1 is 0.964 bits per heavy atom. The van der Waals surface area contributed by atoms with Crippen molar-refractivity contribution < 1.29 is 13.2 Å². The van der Waals surface area contributed by atoms with Gasteiger partial charge in [0.05, 0.1) is 10.6 Å². The average molecular weight is 398 g/mol. The molecule has 1 amide bonds. The molecule has 2 N–H and O–H groups in total. The Kier molecular flexibility index (Phi) is 5.24. The van der Waals surface area contributed by atoms with Gasteiger partial charge in [0, 0.05) is 24.4 Å². The predicted octanol–water partition coefficient (Wildman–Crippen LogP) is 3.40. The number of amides is 1. The summed E-state index contributed by atoms with van der Waals surface area (Å²) in [4.78, 5) is 12.6. The molecule has 3 rings (SSSR count). The van der Waals surface area contributed by atoms with Crippen LogP contribution in [0.5, 0.6) is 0 Å². The molecule has 0 radical (unpaired) electrons. The third-order valence-electron chi connectivity index (χ3n) is 4.43. The van der Waals surface area contributed by atoms with Gasteiger partial charge in [0.15, 0.2) is 0 Å². The third kappa shape index (κ3) is 4.23. The summed E-state index contributed by atoms with van der Waals surface area (Å²) in [5.74, 6) is 0.286. The van der Waals surface area contributed by atoms with Gasteiger partial charge in [-0.1, -0.05) is 6.07 Å². The summed E-state index contributed by atoms with van der Waals surface area (Å²) < 4.78 is 29.2. The van der Waals surface area contributed by atoms with Crippen molar-refractivity contribution in [3.8, 4) is 0 Å². The van der Waals surface area contributed by atoms with Gasteiger partial charge in [0.1, 0.15) is 5.82 Å². The second-order valence-electron chi connectivity index (χ2n) is 6.68. The Bertz CT molecular complexity index is 1130. The Balaban J connectivity index is 1.74. The molecule has 0 aliphatic rings. The number of sulfonamides is 1. The van der Waals surface area contributed by atoms with Gasteiger partial charge in [0.25, 0.3) is 15.9 Å². The third-order valence-corrected chi connectivity index (χ3v) is 5.81. The lowest BCUT2D eigenvalue weighted by atomic mass is 10.1. The lowest BCUT2D eigenvalue weighted by Gasteiger charge is -2.10. The first-order valence-corrected chi connectivity index (χ1v) is 10.2. The van der Waals surface area contributed by atoms with E-state index in [-0.39, 0.29) is 10.8 Å². The van der Waals surface area contributed by atoms with Crippen molar-refractivity contribution >= 4 is 27.4 Å². The number of aryl methyl sites for hydroxylation is 4. The van der Waals surface area contributed by atoms with Gasteiger partial charge in [-0.3, -0.25) is 14.2 Å². The molecule has 146 valence electrons. The van der Waals surface area contributed by atoms with E-state index in [9.17, 15) is 13.2 Å². The number of carbonyl (C=O) groups excluding carboxylic acids is 1. The highest BCUT2D eigenvalue weighted by atomic mass is 32.2. The zero-order valence-corrected chi connectivity index (χ0v) is 17.0. The quantitative estimate of drug-likeness (QED) is 0.689. The molecule has 0 bridgehead atoms. The number of nitrogens with one attached hydrogen (secondary N) is 2. The molecule has 7 nitrogen and oxygen atoms in total. The van der Waals surface area contributed by atoms with Gasteiger partial charge in [-0.2, -0.15) is 5.10 Å². The molecule has 0 atom stereocenters. The van der Waals surface area contributed by atoms with Crippen LogP contribution in [0.4, 0.5) is 11.5 Å². The van der Waals surface area contributed by atoms with E-state index < -0.39 is 10.0 Å². The van der Waals surface area contributed by atoms with Crippen LogP contribution in [-0.4, -0.2) is 24.1 Å². The summed E-state index contributed by atoms with van der Waals surface area (Å²) >= 11 is 0. The Morgan fingerprint density at radius 3 is 2.21 bits per heavy atom. The number of nitrogens with zero attached hydrogens (tertiary/aromatic N) is 2. The minimum absolute atomic E-state index is 0.198. The van der Waals surface area contributed by atoms with Gasteiger partial charge in [-0.15, -0.1) is 0 Å². The zero-order chi connectivity index (χ0) is 20.5. The van der Waals surface area contributed by atoms with Crippen LogP contribution in [0.1, 0.15) is 27.2 Å². The molecule has 0 saturated heterocycles. The fourth-order valence-corrected chi connectivity index (χ4v) is 3.84. The van der Waals surface area contributed by atoms with Crippen molar-refractivity contribution in [2.24, 2.45) is 7.05 Å². The number of benzene rings is 2. The molecule has 0 fully saturated rings. The van der Waals surface area contributed by atoms with Crippen LogP contribution in [0.15, 0.2) is 53.4 Å². The fraction of sp³-hybridized carbons (Fsp3) is 0.200. The van der Waals surface area contributed by atoms with Crippen LogP contribution in [0.2, 0.25) is 0 Å². The van der Waals surface area contributed by atoms with Gasteiger partial charge < -0.3 is 5.32 Å². The molecular weight excluding hydrogens is 376 g/mol. The van der Waals surface area contributed by atoms with Crippen molar-refractivity contribution in [1.82, 2.24) is 9.78 Å². The standard InChI is InChI=1S/C20H22N4O3S/c1-13-5-10-18(11-14(13)2)28(26,27)23-17-8-6-16(7-9-17)20(25)21-19-12-15(3)22-24(19)4/h5-12,23H,1-4H3,(H,21,25). The van der Waals surface area contributed by atoms with E-state index in [1.165, 1.54) is 0 Å². The maximum absolute atomic E-state index is 12.6.